The highest BCUT2D eigenvalue weighted by molar-refractivity contribution is 6.31. The van der Waals surface area contributed by atoms with E-state index in [1.165, 1.54) is 6.08 Å². The van der Waals surface area contributed by atoms with E-state index in [0.29, 0.717) is 22.7 Å². The molecule has 0 fully saturated rings. The van der Waals surface area contributed by atoms with Gasteiger partial charge in [-0.15, -0.1) is 0 Å². The van der Waals surface area contributed by atoms with Crippen LogP contribution in [0.4, 0.5) is 0 Å². The molecular formula is C26H21ClN4O3. The summed E-state index contributed by atoms with van der Waals surface area (Å²) in [6.07, 6.45) is 6.23. The van der Waals surface area contributed by atoms with Gasteiger partial charge in [0.25, 0.3) is 5.91 Å². The lowest BCUT2D eigenvalue weighted by Gasteiger charge is -2.11. The van der Waals surface area contributed by atoms with E-state index in [0.717, 1.165) is 33.5 Å². The number of H-pyrrole nitrogens is 1. The third kappa shape index (κ3) is 4.89. The Morgan fingerprint density at radius 2 is 1.88 bits per heavy atom. The van der Waals surface area contributed by atoms with Gasteiger partial charge in [-0.25, -0.2) is 0 Å². The molecule has 0 bridgehead atoms. The van der Waals surface area contributed by atoms with E-state index in [4.69, 9.17) is 32.9 Å². The zero-order valence-corrected chi connectivity index (χ0v) is 18.8. The molecule has 3 aromatic carbocycles. The van der Waals surface area contributed by atoms with Crippen LogP contribution in [0.25, 0.3) is 21.7 Å². The van der Waals surface area contributed by atoms with E-state index in [1.807, 2.05) is 18.2 Å². The van der Waals surface area contributed by atoms with Crippen molar-refractivity contribution >= 4 is 56.9 Å². The van der Waals surface area contributed by atoms with Crippen molar-refractivity contribution in [1.82, 2.24) is 4.98 Å². The van der Waals surface area contributed by atoms with Crippen LogP contribution in [0.1, 0.15) is 26.3 Å². The van der Waals surface area contributed by atoms with Gasteiger partial charge < -0.3 is 26.3 Å². The van der Waals surface area contributed by atoms with Gasteiger partial charge in [-0.05, 0) is 58.8 Å². The number of benzene rings is 3. The zero-order chi connectivity index (χ0) is 24.2. The number of primary amides is 1. The highest BCUT2D eigenvalue weighted by Crippen LogP contribution is 2.28. The Morgan fingerprint density at radius 3 is 2.65 bits per heavy atom. The van der Waals surface area contributed by atoms with Crippen LogP contribution < -0.4 is 10.5 Å². The van der Waals surface area contributed by atoms with Crippen molar-refractivity contribution in [3.63, 3.8) is 0 Å². The van der Waals surface area contributed by atoms with E-state index in [1.54, 1.807) is 42.6 Å². The number of fused-ring (bicyclic) bond motifs is 2. The fourth-order valence-corrected chi connectivity index (χ4v) is 3.92. The second kappa shape index (κ2) is 9.72. The third-order valence-corrected chi connectivity index (χ3v) is 5.59. The molecule has 1 aromatic heterocycles. The van der Waals surface area contributed by atoms with Crippen molar-refractivity contribution in [2.75, 3.05) is 6.61 Å². The Labute approximate surface area is 200 Å². The Balaban J connectivity index is 1.54. The molecule has 0 saturated heterocycles. The Hall–Kier alpha value is -4.23. The highest BCUT2D eigenvalue weighted by atomic mass is 35.5. The number of nitrogens with one attached hydrogen (secondary N) is 3. The molecular weight excluding hydrogens is 452 g/mol. The molecule has 0 aliphatic carbocycles. The molecule has 0 saturated carbocycles. The summed E-state index contributed by atoms with van der Waals surface area (Å²) in [5, 5.41) is 17.8. The van der Waals surface area contributed by atoms with Crippen LogP contribution in [-0.4, -0.2) is 35.2 Å². The maximum Gasteiger partial charge on any atom is 0.252 e. The van der Waals surface area contributed by atoms with Gasteiger partial charge in [-0.2, -0.15) is 0 Å². The first-order valence-corrected chi connectivity index (χ1v) is 10.8. The van der Waals surface area contributed by atoms with Crippen LogP contribution in [0.2, 0.25) is 5.02 Å². The number of Topliss-reactive ketones (excluding diaryl/α,β-unsaturated/α-hetero) is 1. The molecule has 4 aromatic rings. The van der Waals surface area contributed by atoms with Crippen LogP contribution >= 0.6 is 11.6 Å². The van der Waals surface area contributed by atoms with E-state index in [9.17, 15) is 9.59 Å². The number of ketones is 1. The normalized spacial score (nSPS) is 11.2. The Bertz CT molecular complexity index is 1490. The fraction of sp³-hybridized carbons (Fsp3) is 0.0769. The van der Waals surface area contributed by atoms with Gasteiger partial charge in [0.15, 0.2) is 6.61 Å². The van der Waals surface area contributed by atoms with Crippen LogP contribution in [0.15, 0.2) is 66.9 Å². The molecule has 0 aliphatic rings. The maximum absolute atomic E-state index is 12.9. The molecule has 8 heteroatoms. The van der Waals surface area contributed by atoms with Gasteiger partial charge in [0.1, 0.15) is 5.75 Å². The van der Waals surface area contributed by atoms with Crippen LogP contribution in [0.3, 0.4) is 0 Å². The summed E-state index contributed by atoms with van der Waals surface area (Å²) < 4.78 is 5.73. The van der Waals surface area contributed by atoms with Gasteiger partial charge in [0, 0.05) is 46.0 Å². The van der Waals surface area contributed by atoms with E-state index in [2.05, 4.69) is 4.98 Å². The number of hydrogen-bond acceptors (Lipinski definition) is 5. The number of carbonyl (C=O) groups excluding carboxylic acids is 2. The smallest absolute Gasteiger partial charge is 0.252 e. The molecule has 0 atom stereocenters. The van der Waals surface area contributed by atoms with E-state index in [-0.39, 0.29) is 23.7 Å². The lowest BCUT2D eigenvalue weighted by molar-refractivity contribution is 0.0914. The largest absolute Gasteiger partial charge is 0.485 e. The average Bonchev–Trinajstić information content (AvgIpc) is 3.24. The molecule has 0 aliphatic heterocycles. The first-order chi connectivity index (χ1) is 16.4. The van der Waals surface area contributed by atoms with E-state index >= 15 is 0 Å². The molecule has 4 rings (SSSR count). The van der Waals surface area contributed by atoms with Crippen LogP contribution in [-0.2, 0) is 6.42 Å². The lowest BCUT2D eigenvalue weighted by atomic mass is 10.0. The van der Waals surface area contributed by atoms with Crippen molar-refractivity contribution in [1.29, 1.82) is 10.8 Å². The van der Waals surface area contributed by atoms with Crippen molar-refractivity contribution in [3.05, 3.63) is 88.6 Å². The van der Waals surface area contributed by atoms with Gasteiger partial charge in [-0.1, -0.05) is 29.8 Å². The predicted molar refractivity (Wildman–Crippen MR) is 135 cm³/mol. The molecule has 5 N–H and O–H groups in total. The molecule has 7 nitrogen and oxygen atoms in total. The SMILES string of the molecule is N=C/C=C\C(=N)Cc1ccc2c(C(=O)COc3cc4ccc(Cl)cc4cc3C(N)=O)c[nH]c2c1. The zero-order valence-electron chi connectivity index (χ0n) is 18.0. The fourth-order valence-electron chi connectivity index (χ4n) is 3.74. The highest BCUT2D eigenvalue weighted by Gasteiger charge is 2.17. The third-order valence-electron chi connectivity index (χ3n) is 5.36. The number of halogens is 1. The van der Waals surface area contributed by atoms with Crippen LogP contribution in [0, 0.1) is 10.8 Å². The minimum Gasteiger partial charge on any atom is -0.485 e. The van der Waals surface area contributed by atoms with E-state index < -0.39 is 5.91 Å². The number of amides is 1. The molecule has 0 spiro atoms. The summed E-state index contributed by atoms with van der Waals surface area (Å²) >= 11 is 6.04. The molecule has 0 unspecified atom stereocenters. The number of allylic oxidation sites excluding steroid dienone is 2. The average molecular weight is 473 g/mol. The number of rotatable bonds is 9. The number of aromatic amines is 1. The lowest BCUT2D eigenvalue weighted by Crippen LogP contribution is -2.16. The summed E-state index contributed by atoms with van der Waals surface area (Å²) in [6, 6.07) is 14.1. The second-order valence-electron chi connectivity index (χ2n) is 7.73. The summed E-state index contributed by atoms with van der Waals surface area (Å²) in [5.41, 5.74) is 8.21. The summed E-state index contributed by atoms with van der Waals surface area (Å²) in [5.74, 6) is -0.688. The standard InChI is InChI=1S/C26H21ClN4O3/c27-18-5-4-16-12-25(21(26(30)33)11-17(16)10-18)34-14-24(32)22-13-31-23-9-15(3-6-20(22)23)8-19(29)2-1-7-28/h1-7,9-13,28-29,31H,8,14H2,(H2,30,33)/b2-1-,28-7?,29-19?. The van der Waals surface area contributed by atoms with Gasteiger partial charge in [0.05, 0.1) is 5.56 Å². The first-order valence-electron chi connectivity index (χ1n) is 10.4. The summed E-state index contributed by atoms with van der Waals surface area (Å²) in [7, 11) is 0. The monoisotopic (exact) mass is 472 g/mol. The van der Waals surface area contributed by atoms with Gasteiger partial charge >= 0.3 is 0 Å². The topological polar surface area (TPSA) is 133 Å². The Kier molecular flexibility index (Phi) is 6.56. The molecule has 1 amide bonds. The number of aromatic nitrogens is 1. The summed E-state index contributed by atoms with van der Waals surface area (Å²) in [6.45, 7) is -0.271. The molecule has 1 heterocycles. The minimum atomic E-state index is -0.662. The molecule has 170 valence electrons. The van der Waals surface area contributed by atoms with Crippen molar-refractivity contribution < 1.29 is 14.3 Å². The molecule has 34 heavy (non-hydrogen) atoms. The van der Waals surface area contributed by atoms with Crippen LogP contribution in [0.5, 0.6) is 5.75 Å². The maximum atomic E-state index is 12.9. The number of ether oxygens (including phenoxy) is 1. The van der Waals surface area contributed by atoms with Gasteiger partial charge in [-0.3, -0.25) is 9.59 Å². The van der Waals surface area contributed by atoms with Gasteiger partial charge in [0.2, 0.25) is 5.78 Å². The quantitative estimate of drug-likeness (QED) is 0.199. The second-order valence-corrected chi connectivity index (χ2v) is 8.16. The van der Waals surface area contributed by atoms with Crippen molar-refractivity contribution in [2.45, 2.75) is 6.42 Å². The number of hydrogen-bond donors (Lipinski definition) is 4. The summed E-state index contributed by atoms with van der Waals surface area (Å²) in [4.78, 5) is 28.0. The van der Waals surface area contributed by atoms with Crippen molar-refractivity contribution in [2.24, 2.45) is 5.73 Å². The Morgan fingerprint density at radius 1 is 1.06 bits per heavy atom. The molecule has 0 radical (unpaired) electrons. The minimum absolute atomic E-state index is 0.172. The van der Waals surface area contributed by atoms with Crippen molar-refractivity contribution in [3.8, 4) is 5.75 Å². The number of nitrogens with two attached hydrogens (primary N) is 1. The first kappa shape index (κ1) is 22.9. The predicted octanol–water partition coefficient (Wildman–Crippen LogP) is 5.10. The number of carbonyl (C=O) groups is 2.